The average Bonchev–Trinajstić information content (AvgIpc) is 2.68. The SMILES string of the molecule is CCOC(=O)c1[nH]c2c(c1C)C(Cl)=C(C=O)CC2. The van der Waals surface area contributed by atoms with Crippen LogP contribution in [0.3, 0.4) is 0 Å². The third-order valence-corrected chi connectivity index (χ3v) is 3.53. The first-order chi connectivity index (χ1) is 8.60. The van der Waals surface area contributed by atoms with Gasteiger partial charge in [-0.15, -0.1) is 0 Å². The lowest BCUT2D eigenvalue weighted by molar-refractivity contribution is -0.105. The molecule has 0 atom stereocenters. The van der Waals surface area contributed by atoms with E-state index in [1.165, 1.54) is 0 Å². The molecule has 4 nitrogen and oxygen atoms in total. The maximum Gasteiger partial charge on any atom is 0.355 e. The van der Waals surface area contributed by atoms with E-state index in [9.17, 15) is 9.59 Å². The van der Waals surface area contributed by atoms with Gasteiger partial charge in [0.2, 0.25) is 0 Å². The highest BCUT2D eigenvalue weighted by Crippen LogP contribution is 2.36. The van der Waals surface area contributed by atoms with Crippen LogP contribution >= 0.6 is 11.6 Å². The highest BCUT2D eigenvalue weighted by Gasteiger charge is 2.26. The molecule has 1 aromatic heterocycles. The maximum absolute atomic E-state index is 11.8. The lowest BCUT2D eigenvalue weighted by Crippen LogP contribution is -2.06. The van der Waals surface area contributed by atoms with Crippen LogP contribution in [0.25, 0.3) is 5.03 Å². The number of H-pyrrole nitrogens is 1. The molecule has 0 aliphatic heterocycles. The van der Waals surface area contributed by atoms with Crippen molar-refractivity contribution in [2.45, 2.75) is 26.7 Å². The predicted molar refractivity (Wildman–Crippen MR) is 68.6 cm³/mol. The van der Waals surface area contributed by atoms with E-state index >= 15 is 0 Å². The number of aromatic amines is 1. The third kappa shape index (κ3) is 1.97. The normalized spacial score (nSPS) is 14.4. The van der Waals surface area contributed by atoms with E-state index < -0.39 is 0 Å². The molecule has 0 radical (unpaired) electrons. The van der Waals surface area contributed by atoms with Gasteiger partial charge in [-0.1, -0.05) is 11.6 Å². The molecule has 1 N–H and O–H groups in total. The molecular weight excluding hydrogens is 254 g/mol. The van der Waals surface area contributed by atoms with Crippen LogP contribution in [-0.4, -0.2) is 23.8 Å². The molecule has 0 amide bonds. The van der Waals surface area contributed by atoms with Gasteiger partial charge in [-0.3, -0.25) is 4.79 Å². The van der Waals surface area contributed by atoms with E-state index in [1.54, 1.807) is 13.8 Å². The van der Waals surface area contributed by atoms with Crippen LogP contribution in [0, 0.1) is 6.92 Å². The highest BCUT2D eigenvalue weighted by atomic mass is 35.5. The van der Waals surface area contributed by atoms with E-state index in [0.717, 1.165) is 23.1 Å². The highest BCUT2D eigenvalue weighted by molar-refractivity contribution is 6.51. The molecule has 1 aliphatic carbocycles. The summed E-state index contributed by atoms with van der Waals surface area (Å²) in [6.07, 6.45) is 2.05. The fourth-order valence-electron chi connectivity index (χ4n) is 2.19. The Kier molecular flexibility index (Phi) is 3.57. The van der Waals surface area contributed by atoms with Gasteiger partial charge in [0.1, 0.15) is 12.0 Å². The fraction of sp³-hybridized carbons (Fsp3) is 0.385. The zero-order valence-electron chi connectivity index (χ0n) is 10.3. The van der Waals surface area contributed by atoms with Crippen molar-refractivity contribution < 1.29 is 14.3 Å². The Morgan fingerprint density at radius 3 is 2.83 bits per heavy atom. The summed E-state index contributed by atoms with van der Waals surface area (Å²) >= 11 is 6.19. The number of ether oxygens (including phenoxy) is 1. The second-order valence-corrected chi connectivity index (χ2v) is 4.53. The Morgan fingerprint density at radius 1 is 1.50 bits per heavy atom. The third-order valence-electron chi connectivity index (χ3n) is 3.10. The standard InChI is InChI=1S/C13H14ClNO3/c1-3-18-13(17)12-7(2)10-9(15-12)5-4-8(6-16)11(10)14/h6,15H,3-5H2,1-2H3. The number of aldehydes is 1. The number of rotatable bonds is 3. The van der Waals surface area contributed by atoms with Crippen LogP contribution in [-0.2, 0) is 16.0 Å². The van der Waals surface area contributed by atoms with Crippen molar-refractivity contribution >= 4 is 28.9 Å². The molecule has 2 rings (SSSR count). The summed E-state index contributed by atoms with van der Waals surface area (Å²) in [5.41, 5.74) is 3.42. The zero-order valence-corrected chi connectivity index (χ0v) is 11.1. The molecule has 96 valence electrons. The van der Waals surface area contributed by atoms with Crippen molar-refractivity contribution in [1.29, 1.82) is 0 Å². The second-order valence-electron chi connectivity index (χ2n) is 4.16. The number of aromatic nitrogens is 1. The molecule has 0 unspecified atom stereocenters. The molecule has 5 heteroatoms. The Morgan fingerprint density at radius 2 is 2.22 bits per heavy atom. The van der Waals surface area contributed by atoms with Crippen LogP contribution in [0.2, 0.25) is 0 Å². The molecule has 0 spiro atoms. The van der Waals surface area contributed by atoms with Crippen LogP contribution in [0.4, 0.5) is 0 Å². The fourth-order valence-corrected chi connectivity index (χ4v) is 2.59. The number of halogens is 1. The topological polar surface area (TPSA) is 59.2 Å². The molecule has 0 bridgehead atoms. The first kappa shape index (κ1) is 12.9. The molecule has 0 aromatic carbocycles. The van der Waals surface area contributed by atoms with E-state index in [2.05, 4.69) is 4.98 Å². The number of esters is 1. The van der Waals surface area contributed by atoms with Crippen LogP contribution in [0.1, 0.15) is 40.7 Å². The Bertz CT molecular complexity index is 543. The van der Waals surface area contributed by atoms with Gasteiger partial charge in [0, 0.05) is 16.8 Å². The van der Waals surface area contributed by atoms with Gasteiger partial charge in [0.05, 0.1) is 11.6 Å². The van der Waals surface area contributed by atoms with Gasteiger partial charge in [-0.2, -0.15) is 0 Å². The predicted octanol–water partition coefficient (Wildman–Crippen LogP) is 2.59. The van der Waals surface area contributed by atoms with Crippen LogP contribution in [0.5, 0.6) is 0 Å². The summed E-state index contributed by atoms with van der Waals surface area (Å²) in [5, 5.41) is 0.440. The Hall–Kier alpha value is -1.55. The van der Waals surface area contributed by atoms with Gasteiger partial charge < -0.3 is 9.72 Å². The zero-order chi connectivity index (χ0) is 13.3. The molecule has 18 heavy (non-hydrogen) atoms. The number of hydrogen-bond donors (Lipinski definition) is 1. The van der Waals surface area contributed by atoms with Gasteiger partial charge in [0.15, 0.2) is 0 Å². The van der Waals surface area contributed by atoms with Crippen molar-refractivity contribution in [3.05, 3.63) is 28.1 Å². The second kappa shape index (κ2) is 4.98. The summed E-state index contributed by atoms with van der Waals surface area (Å²) in [4.78, 5) is 25.7. The number of allylic oxidation sites excluding steroid dienone is 1. The number of fused-ring (bicyclic) bond motifs is 1. The van der Waals surface area contributed by atoms with Gasteiger partial charge in [-0.05, 0) is 32.3 Å². The number of hydrogen-bond acceptors (Lipinski definition) is 3. The summed E-state index contributed by atoms with van der Waals surface area (Å²) in [6.45, 7) is 3.89. The smallest absolute Gasteiger partial charge is 0.355 e. The van der Waals surface area contributed by atoms with Crippen molar-refractivity contribution in [3.8, 4) is 0 Å². The monoisotopic (exact) mass is 267 g/mol. The van der Waals surface area contributed by atoms with Crippen molar-refractivity contribution in [2.24, 2.45) is 0 Å². The number of carbonyl (C=O) groups excluding carboxylic acids is 2. The quantitative estimate of drug-likeness (QED) is 0.676. The van der Waals surface area contributed by atoms with Gasteiger partial charge in [0.25, 0.3) is 0 Å². The summed E-state index contributed by atoms with van der Waals surface area (Å²) in [7, 11) is 0. The number of nitrogens with one attached hydrogen (secondary N) is 1. The lowest BCUT2D eigenvalue weighted by atomic mass is 9.96. The Balaban J connectivity index is 2.50. The number of aryl methyl sites for hydroxylation is 1. The lowest BCUT2D eigenvalue weighted by Gasteiger charge is -2.13. The van der Waals surface area contributed by atoms with E-state index in [1.807, 2.05) is 0 Å². The summed E-state index contributed by atoms with van der Waals surface area (Å²) < 4.78 is 4.98. The van der Waals surface area contributed by atoms with Gasteiger partial charge >= 0.3 is 5.97 Å². The maximum atomic E-state index is 11.8. The molecule has 1 aromatic rings. The Labute approximate surface area is 110 Å². The first-order valence-corrected chi connectivity index (χ1v) is 6.20. The van der Waals surface area contributed by atoms with Crippen molar-refractivity contribution in [1.82, 2.24) is 4.98 Å². The van der Waals surface area contributed by atoms with Crippen molar-refractivity contribution in [3.63, 3.8) is 0 Å². The molecule has 0 fully saturated rings. The van der Waals surface area contributed by atoms with Crippen LogP contribution < -0.4 is 0 Å². The molecular formula is C13H14ClNO3. The van der Waals surface area contributed by atoms with E-state index in [0.29, 0.717) is 35.7 Å². The minimum atomic E-state index is -0.387. The van der Waals surface area contributed by atoms with E-state index in [4.69, 9.17) is 16.3 Å². The minimum Gasteiger partial charge on any atom is -0.461 e. The molecule has 1 heterocycles. The molecule has 0 saturated heterocycles. The average molecular weight is 268 g/mol. The summed E-state index contributed by atoms with van der Waals surface area (Å²) in [5.74, 6) is -0.387. The minimum absolute atomic E-state index is 0.325. The van der Waals surface area contributed by atoms with E-state index in [-0.39, 0.29) is 5.97 Å². The molecule has 1 aliphatic rings. The van der Waals surface area contributed by atoms with Gasteiger partial charge in [-0.25, -0.2) is 4.79 Å². The summed E-state index contributed by atoms with van der Waals surface area (Å²) in [6, 6.07) is 0. The van der Waals surface area contributed by atoms with Crippen molar-refractivity contribution in [2.75, 3.05) is 6.61 Å². The first-order valence-electron chi connectivity index (χ1n) is 5.82. The number of carbonyl (C=O) groups is 2. The van der Waals surface area contributed by atoms with Crippen LogP contribution in [0.15, 0.2) is 5.57 Å². The molecule has 0 saturated carbocycles. The largest absolute Gasteiger partial charge is 0.461 e.